The van der Waals surface area contributed by atoms with Crippen molar-refractivity contribution in [3.8, 4) is 0 Å². The van der Waals surface area contributed by atoms with Gasteiger partial charge < -0.3 is 9.80 Å². The molecule has 1 aromatic rings. The van der Waals surface area contributed by atoms with E-state index >= 15 is 0 Å². The lowest BCUT2D eigenvalue weighted by Gasteiger charge is -2.36. The van der Waals surface area contributed by atoms with Crippen molar-refractivity contribution < 1.29 is 13.2 Å². The Morgan fingerprint density at radius 3 is 2.03 bits per heavy atom. The number of nitrogens with zero attached hydrogens (tertiary/aromatic N) is 5. The van der Waals surface area contributed by atoms with E-state index in [2.05, 4.69) is 14.8 Å². The Kier molecular flexibility index (Phi) is 8.52. The molecule has 0 aromatic carbocycles. The largest absolute Gasteiger partial charge is 0.354 e. The van der Waals surface area contributed by atoms with Crippen LogP contribution in [0.15, 0.2) is 23.2 Å². The number of hydrogen-bond donors (Lipinski definition) is 0. The second-order valence-electron chi connectivity index (χ2n) is 9.43. The maximum Gasteiger partial charge on any atom is 0.245 e. The molecule has 0 bridgehead atoms. The van der Waals surface area contributed by atoms with Crippen molar-refractivity contribution in [3.63, 3.8) is 0 Å². The highest BCUT2D eigenvalue weighted by Gasteiger charge is 2.30. The third-order valence-corrected chi connectivity index (χ3v) is 8.56. The summed E-state index contributed by atoms with van der Waals surface area (Å²) in [6, 6.07) is 3.21. The highest BCUT2D eigenvalue weighted by molar-refractivity contribution is 7.89. The van der Waals surface area contributed by atoms with E-state index in [0.29, 0.717) is 6.54 Å². The van der Waals surface area contributed by atoms with Crippen LogP contribution in [-0.4, -0.2) is 91.3 Å². The predicted molar refractivity (Wildman–Crippen MR) is 127 cm³/mol. The lowest BCUT2D eigenvalue weighted by Crippen LogP contribution is -2.50. The third kappa shape index (κ3) is 5.99. The van der Waals surface area contributed by atoms with Gasteiger partial charge in [0.15, 0.2) is 0 Å². The summed E-state index contributed by atoms with van der Waals surface area (Å²) in [6.45, 7) is 13.0. The first-order valence-electron chi connectivity index (χ1n) is 11.9. The number of carbonyl (C=O) groups excluding carboxylic acids is 1. The Labute approximate surface area is 193 Å². The van der Waals surface area contributed by atoms with Gasteiger partial charge in [-0.25, -0.2) is 13.4 Å². The average Bonchev–Trinajstić information content (AvgIpc) is 3.03. The van der Waals surface area contributed by atoms with Crippen molar-refractivity contribution >= 4 is 21.7 Å². The van der Waals surface area contributed by atoms with E-state index < -0.39 is 10.0 Å². The van der Waals surface area contributed by atoms with Crippen LogP contribution in [0.4, 0.5) is 5.82 Å². The van der Waals surface area contributed by atoms with E-state index in [9.17, 15) is 13.2 Å². The number of carbonyl (C=O) groups is 1. The highest BCUT2D eigenvalue weighted by atomic mass is 32.2. The molecule has 2 aliphatic heterocycles. The number of rotatable bonds is 7. The minimum absolute atomic E-state index is 0.121. The molecule has 0 unspecified atom stereocenters. The number of pyridine rings is 1. The van der Waals surface area contributed by atoms with Gasteiger partial charge >= 0.3 is 0 Å². The summed E-state index contributed by atoms with van der Waals surface area (Å²) in [5, 5.41) is 0. The van der Waals surface area contributed by atoms with Crippen molar-refractivity contribution in [3.05, 3.63) is 18.3 Å². The maximum atomic E-state index is 13.0. The predicted octanol–water partition coefficient (Wildman–Crippen LogP) is 2.41. The maximum absolute atomic E-state index is 13.0. The zero-order valence-corrected chi connectivity index (χ0v) is 20.9. The molecule has 8 nitrogen and oxygen atoms in total. The smallest absolute Gasteiger partial charge is 0.245 e. The van der Waals surface area contributed by atoms with Gasteiger partial charge in [-0.1, -0.05) is 12.8 Å². The first-order valence-corrected chi connectivity index (χ1v) is 13.4. The molecule has 0 spiro atoms. The standard InChI is InChI=1S/C23H39N5O3S/c1-19(2)28(20(3)4)32(30,31)21-9-10-22(24-17-21)26-15-13-25(14-16-26)18-23(29)27-11-7-5-6-8-12-27/h9-10,17,19-20H,5-8,11-16,18H2,1-4H3. The van der Waals surface area contributed by atoms with E-state index in [1.54, 1.807) is 12.1 Å². The van der Waals surface area contributed by atoms with Gasteiger partial charge in [-0.15, -0.1) is 0 Å². The molecule has 2 aliphatic rings. The monoisotopic (exact) mass is 465 g/mol. The van der Waals surface area contributed by atoms with Crippen LogP contribution in [0, 0.1) is 0 Å². The second-order valence-corrected chi connectivity index (χ2v) is 11.3. The van der Waals surface area contributed by atoms with Crippen molar-refractivity contribution in [1.82, 2.24) is 19.1 Å². The average molecular weight is 466 g/mol. The molecule has 0 saturated carbocycles. The van der Waals surface area contributed by atoms with Gasteiger partial charge in [0.2, 0.25) is 15.9 Å². The van der Waals surface area contributed by atoms with Crippen LogP contribution < -0.4 is 4.90 Å². The first kappa shape index (κ1) is 24.9. The lowest BCUT2D eigenvalue weighted by molar-refractivity contribution is -0.132. The molecule has 3 rings (SSSR count). The van der Waals surface area contributed by atoms with E-state index in [1.807, 2.05) is 32.6 Å². The van der Waals surface area contributed by atoms with Gasteiger partial charge in [-0.05, 0) is 52.7 Å². The molecule has 0 radical (unpaired) electrons. The molecule has 0 aliphatic carbocycles. The van der Waals surface area contributed by atoms with E-state index in [-0.39, 0.29) is 22.9 Å². The van der Waals surface area contributed by atoms with Crippen LogP contribution >= 0.6 is 0 Å². The molecule has 32 heavy (non-hydrogen) atoms. The fourth-order valence-corrected chi connectivity index (χ4v) is 6.51. The van der Waals surface area contributed by atoms with Crippen molar-refractivity contribution in [2.45, 2.75) is 70.4 Å². The highest BCUT2D eigenvalue weighted by Crippen LogP contribution is 2.23. The Morgan fingerprint density at radius 1 is 0.938 bits per heavy atom. The minimum atomic E-state index is -3.58. The van der Waals surface area contributed by atoms with E-state index in [4.69, 9.17) is 0 Å². The molecular formula is C23H39N5O3S. The van der Waals surface area contributed by atoms with E-state index in [1.165, 1.54) is 23.3 Å². The van der Waals surface area contributed by atoms with Crippen LogP contribution in [0.3, 0.4) is 0 Å². The summed E-state index contributed by atoms with van der Waals surface area (Å²) >= 11 is 0. The number of anilines is 1. The molecule has 2 fully saturated rings. The molecule has 1 aromatic heterocycles. The first-order chi connectivity index (χ1) is 15.2. The molecular weight excluding hydrogens is 426 g/mol. The van der Waals surface area contributed by atoms with Crippen LogP contribution in [0.1, 0.15) is 53.4 Å². The fraction of sp³-hybridized carbons (Fsp3) is 0.739. The molecule has 180 valence electrons. The number of sulfonamides is 1. The quantitative estimate of drug-likeness (QED) is 0.616. The van der Waals surface area contributed by atoms with Gasteiger partial charge in [-0.2, -0.15) is 4.31 Å². The van der Waals surface area contributed by atoms with Crippen LogP contribution in [0.25, 0.3) is 0 Å². The second kappa shape index (κ2) is 10.9. The van der Waals surface area contributed by atoms with Gasteiger partial charge in [-0.3, -0.25) is 9.69 Å². The molecule has 3 heterocycles. The molecule has 0 atom stereocenters. The molecule has 0 N–H and O–H groups in total. The summed E-state index contributed by atoms with van der Waals surface area (Å²) < 4.78 is 27.6. The number of amides is 1. The van der Waals surface area contributed by atoms with Gasteiger partial charge in [0.25, 0.3) is 0 Å². The SMILES string of the molecule is CC(C)N(C(C)C)S(=O)(=O)c1ccc(N2CCN(CC(=O)N3CCCCCC3)CC2)nc1. The van der Waals surface area contributed by atoms with Gasteiger partial charge in [0, 0.05) is 57.5 Å². The molecule has 2 saturated heterocycles. The fourth-order valence-electron chi connectivity index (χ4n) is 4.73. The van der Waals surface area contributed by atoms with Crippen molar-refractivity contribution in [2.24, 2.45) is 0 Å². The normalized spacial score (nSPS) is 19.1. The van der Waals surface area contributed by atoms with Crippen LogP contribution in [-0.2, 0) is 14.8 Å². The van der Waals surface area contributed by atoms with Crippen molar-refractivity contribution in [2.75, 3.05) is 50.7 Å². The minimum Gasteiger partial charge on any atom is -0.354 e. The summed E-state index contributed by atoms with van der Waals surface area (Å²) in [5.74, 6) is 1.02. The van der Waals surface area contributed by atoms with Crippen LogP contribution in [0.2, 0.25) is 0 Å². The number of piperazine rings is 1. The van der Waals surface area contributed by atoms with Gasteiger partial charge in [0.05, 0.1) is 6.54 Å². The van der Waals surface area contributed by atoms with Crippen molar-refractivity contribution in [1.29, 1.82) is 0 Å². The van der Waals surface area contributed by atoms with E-state index in [0.717, 1.165) is 57.9 Å². The number of hydrogen-bond acceptors (Lipinski definition) is 6. The zero-order chi connectivity index (χ0) is 23.3. The Hall–Kier alpha value is -1.71. The Balaban J connectivity index is 1.56. The molecule has 9 heteroatoms. The topological polar surface area (TPSA) is 77.1 Å². The third-order valence-electron chi connectivity index (χ3n) is 6.33. The van der Waals surface area contributed by atoms with Crippen LogP contribution in [0.5, 0.6) is 0 Å². The number of likely N-dealkylation sites (tertiary alicyclic amines) is 1. The summed E-state index contributed by atoms with van der Waals surface area (Å²) in [4.78, 5) is 23.7. The summed E-state index contributed by atoms with van der Waals surface area (Å²) in [7, 11) is -3.58. The lowest BCUT2D eigenvalue weighted by atomic mass is 10.2. The zero-order valence-electron chi connectivity index (χ0n) is 20.0. The Morgan fingerprint density at radius 2 is 1.53 bits per heavy atom. The Bertz CT molecular complexity index is 833. The number of aromatic nitrogens is 1. The molecule has 1 amide bonds. The summed E-state index contributed by atoms with van der Waals surface area (Å²) in [6.07, 6.45) is 6.15. The van der Waals surface area contributed by atoms with Gasteiger partial charge in [0.1, 0.15) is 10.7 Å². The summed E-state index contributed by atoms with van der Waals surface area (Å²) in [5.41, 5.74) is 0.